The monoisotopic (exact) mass is 603 g/mol. The molecule has 4 aromatic rings. The van der Waals surface area contributed by atoms with Gasteiger partial charge in [0, 0.05) is 54.9 Å². The first kappa shape index (κ1) is 29.1. The van der Waals surface area contributed by atoms with Crippen molar-refractivity contribution in [2.45, 2.75) is 49.3 Å². The van der Waals surface area contributed by atoms with Crippen LogP contribution >= 0.6 is 0 Å². The highest BCUT2D eigenvalue weighted by molar-refractivity contribution is 7.89. The third kappa shape index (κ3) is 6.82. The first-order chi connectivity index (χ1) is 20.8. The van der Waals surface area contributed by atoms with Crippen molar-refractivity contribution in [3.8, 4) is 17.1 Å². The normalized spacial score (nSPS) is 19.0. The van der Waals surface area contributed by atoms with Crippen molar-refractivity contribution in [2.24, 2.45) is 5.14 Å². The Bertz CT molecular complexity index is 1720. The summed E-state index contributed by atoms with van der Waals surface area (Å²) in [7, 11) is -3.63. The van der Waals surface area contributed by atoms with E-state index in [9.17, 15) is 17.6 Å². The minimum absolute atomic E-state index is 0.225. The van der Waals surface area contributed by atoms with Crippen LogP contribution in [0.3, 0.4) is 0 Å². The van der Waals surface area contributed by atoms with Crippen LogP contribution in [0.4, 0.5) is 10.2 Å². The molecule has 1 aliphatic carbocycles. The topological polar surface area (TPSA) is 136 Å². The Morgan fingerprint density at radius 2 is 1.70 bits per heavy atom. The maximum atomic E-state index is 13.7. The van der Waals surface area contributed by atoms with Gasteiger partial charge in [-0.1, -0.05) is 12.1 Å². The zero-order valence-corrected chi connectivity index (χ0v) is 24.5. The Balaban J connectivity index is 1.18. The second-order valence-electron chi connectivity index (χ2n) is 11.2. The fourth-order valence-corrected chi connectivity index (χ4v) is 6.59. The lowest BCUT2D eigenvalue weighted by Gasteiger charge is -2.31. The minimum Gasteiger partial charge on any atom is -0.352 e. The van der Waals surface area contributed by atoms with E-state index in [1.165, 1.54) is 12.1 Å². The van der Waals surface area contributed by atoms with Crippen LogP contribution in [0.1, 0.15) is 42.9 Å². The smallest absolute Gasteiger partial charge is 0.298 e. The largest absolute Gasteiger partial charge is 0.352 e. The first-order valence-corrected chi connectivity index (χ1v) is 16.1. The van der Waals surface area contributed by atoms with Gasteiger partial charge in [-0.15, -0.1) is 0 Å². The molecule has 224 valence electrons. The number of halogens is 1. The Morgan fingerprint density at radius 1 is 1.00 bits per heavy atom. The highest BCUT2D eigenvalue weighted by Crippen LogP contribution is 2.40. The van der Waals surface area contributed by atoms with Gasteiger partial charge < -0.3 is 10.2 Å². The van der Waals surface area contributed by atoms with Gasteiger partial charge in [0.25, 0.3) is 5.56 Å². The summed E-state index contributed by atoms with van der Waals surface area (Å²) in [6.07, 6.45) is 8.33. The molecule has 1 aliphatic heterocycles. The molecule has 0 amide bonds. The first-order valence-electron chi connectivity index (χ1n) is 14.5. The van der Waals surface area contributed by atoms with E-state index in [0.717, 1.165) is 36.2 Å². The van der Waals surface area contributed by atoms with Crippen LogP contribution in [0, 0.1) is 5.82 Å². The summed E-state index contributed by atoms with van der Waals surface area (Å²) in [5.41, 5.74) is 3.17. The number of sulfonamides is 1. The molecule has 0 unspecified atom stereocenters. The molecule has 3 heterocycles. The summed E-state index contributed by atoms with van der Waals surface area (Å²) in [6, 6.07) is 16.3. The molecule has 6 rings (SSSR count). The summed E-state index contributed by atoms with van der Waals surface area (Å²) in [5, 5.41) is 8.36. The Hall–Kier alpha value is -4.00. The summed E-state index contributed by atoms with van der Waals surface area (Å²) < 4.78 is 38.6. The molecule has 43 heavy (non-hydrogen) atoms. The van der Waals surface area contributed by atoms with Gasteiger partial charge in [-0.3, -0.25) is 9.36 Å². The Kier molecular flexibility index (Phi) is 8.33. The highest BCUT2D eigenvalue weighted by atomic mass is 32.2. The minimum atomic E-state index is -3.63. The number of hydrogen-bond donors (Lipinski definition) is 2. The quantitative estimate of drug-likeness (QED) is 0.264. The number of piperidine rings is 1. The number of aromatic nitrogens is 4. The number of benzene rings is 2. The SMILES string of the molecule is NS(=O)(=O)C1CCN(c2nc(CCCN[C@@H]3C[C@H]3c3ccc(F)cc3)cn(-c3ccc(-c4ncccn4)cc3)c2=O)CC1. The predicted octanol–water partition coefficient (Wildman–Crippen LogP) is 3.16. The number of hydrogen-bond acceptors (Lipinski definition) is 8. The van der Waals surface area contributed by atoms with Crippen LogP contribution in [0.2, 0.25) is 0 Å². The number of nitrogens with two attached hydrogens (primary N) is 1. The molecular weight excluding hydrogens is 569 g/mol. The number of anilines is 1. The molecule has 0 bridgehead atoms. The average molecular weight is 604 g/mol. The van der Waals surface area contributed by atoms with Crippen molar-refractivity contribution in [1.82, 2.24) is 24.8 Å². The summed E-state index contributed by atoms with van der Waals surface area (Å²) in [5.74, 6) is 1.08. The Labute approximate surface area is 249 Å². The molecule has 2 aliphatic rings. The maximum absolute atomic E-state index is 13.7. The van der Waals surface area contributed by atoms with Gasteiger partial charge >= 0.3 is 0 Å². The van der Waals surface area contributed by atoms with Gasteiger partial charge in [0.05, 0.1) is 10.9 Å². The lowest BCUT2D eigenvalue weighted by Crippen LogP contribution is -2.44. The van der Waals surface area contributed by atoms with Crippen molar-refractivity contribution in [3.63, 3.8) is 0 Å². The molecule has 2 fully saturated rings. The number of rotatable bonds is 10. The van der Waals surface area contributed by atoms with E-state index in [-0.39, 0.29) is 11.4 Å². The number of nitrogens with one attached hydrogen (secondary N) is 1. The highest BCUT2D eigenvalue weighted by Gasteiger charge is 2.37. The van der Waals surface area contributed by atoms with E-state index in [4.69, 9.17) is 10.1 Å². The van der Waals surface area contributed by atoms with Crippen LogP contribution in [-0.4, -0.2) is 58.9 Å². The van der Waals surface area contributed by atoms with Crippen molar-refractivity contribution in [2.75, 3.05) is 24.5 Å². The van der Waals surface area contributed by atoms with Crippen LogP contribution in [0.25, 0.3) is 17.1 Å². The van der Waals surface area contributed by atoms with E-state index in [0.29, 0.717) is 61.6 Å². The second kappa shape index (κ2) is 12.3. The van der Waals surface area contributed by atoms with Gasteiger partial charge in [-0.25, -0.2) is 32.9 Å². The van der Waals surface area contributed by atoms with Gasteiger partial charge in [-0.05, 0) is 86.7 Å². The van der Waals surface area contributed by atoms with E-state index in [1.54, 1.807) is 29.2 Å². The lowest BCUT2D eigenvalue weighted by atomic mass is 10.1. The molecule has 0 spiro atoms. The fraction of sp³-hybridized carbons (Fsp3) is 0.355. The second-order valence-corrected chi connectivity index (χ2v) is 13.0. The van der Waals surface area contributed by atoms with Crippen LogP contribution in [0.5, 0.6) is 0 Å². The van der Waals surface area contributed by atoms with Crippen LogP contribution in [0.15, 0.2) is 78.0 Å². The number of primary sulfonamides is 1. The molecule has 2 aromatic carbocycles. The van der Waals surface area contributed by atoms with E-state index in [1.807, 2.05) is 41.3 Å². The van der Waals surface area contributed by atoms with Gasteiger partial charge in [-0.2, -0.15) is 0 Å². The molecule has 0 radical (unpaired) electrons. The molecule has 2 atom stereocenters. The molecule has 10 nitrogen and oxygen atoms in total. The molecule has 3 N–H and O–H groups in total. The third-order valence-electron chi connectivity index (χ3n) is 8.22. The fourth-order valence-electron chi connectivity index (χ4n) is 5.72. The predicted molar refractivity (Wildman–Crippen MR) is 163 cm³/mol. The summed E-state index contributed by atoms with van der Waals surface area (Å²) in [4.78, 5) is 29.0. The van der Waals surface area contributed by atoms with Crippen molar-refractivity contribution in [1.29, 1.82) is 0 Å². The lowest BCUT2D eigenvalue weighted by molar-refractivity contribution is 0.527. The van der Waals surface area contributed by atoms with E-state index >= 15 is 0 Å². The van der Waals surface area contributed by atoms with Crippen molar-refractivity contribution < 1.29 is 12.8 Å². The molecule has 1 saturated carbocycles. The zero-order chi connectivity index (χ0) is 30.0. The van der Waals surface area contributed by atoms with Gasteiger partial charge in [0.1, 0.15) is 5.82 Å². The molecular formula is C31H34FN7O3S. The standard InChI is InChI=1S/C31H34FN7O3S/c32-23-8-4-21(5-9-23)27-19-28(27)34-14-1-3-24-20-39(25-10-6-22(7-11-25)29-35-15-2-16-36-29)31(40)30(37-24)38-17-12-26(13-18-38)43(33,41)42/h2,4-11,15-16,20,26-28,34H,1,3,12-14,17-19H2,(H2,33,41,42)/t27-,28+/m0/s1. The van der Waals surface area contributed by atoms with Gasteiger partial charge in [0.15, 0.2) is 11.6 Å². The summed E-state index contributed by atoms with van der Waals surface area (Å²) in [6.45, 7) is 1.54. The van der Waals surface area contributed by atoms with Crippen molar-refractivity contribution in [3.05, 3.63) is 101 Å². The molecule has 12 heteroatoms. The molecule has 2 aromatic heterocycles. The summed E-state index contributed by atoms with van der Waals surface area (Å²) >= 11 is 0. The van der Waals surface area contributed by atoms with E-state index < -0.39 is 15.3 Å². The number of nitrogens with zero attached hydrogens (tertiary/aromatic N) is 5. The Morgan fingerprint density at radius 3 is 2.37 bits per heavy atom. The maximum Gasteiger partial charge on any atom is 0.298 e. The average Bonchev–Trinajstić information content (AvgIpc) is 3.80. The molecule has 1 saturated heterocycles. The number of aryl methyl sites for hydroxylation is 1. The van der Waals surface area contributed by atoms with Crippen molar-refractivity contribution >= 4 is 15.8 Å². The van der Waals surface area contributed by atoms with E-state index in [2.05, 4.69) is 15.3 Å². The third-order valence-corrected chi connectivity index (χ3v) is 9.62. The van der Waals surface area contributed by atoms with Crippen LogP contribution in [-0.2, 0) is 16.4 Å². The van der Waals surface area contributed by atoms with Gasteiger partial charge in [0.2, 0.25) is 10.0 Å². The zero-order valence-electron chi connectivity index (χ0n) is 23.6. The van der Waals surface area contributed by atoms with Crippen LogP contribution < -0.4 is 20.9 Å².